The van der Waals surface area contributed by atoms with Crippen molar-refractivity contribution in [3.8, 4) is 0 Å². The lowest BCUT2D eigenvalue weighted by Gasteiger charge is -2.16. The Labute approximate surface area is 112 Å². The number of likely N-dealkylation sites (N-methyl/N-ethyl adjacent to an activating group) is 1. The fourth-order valence-electron chi connectivity index (χ4n) is 3.13. The third-order valence-corrected chi connectivity index (χ3v) is 3.98. The zero-order valence-corrected chi connectivity index (χ0v) is 11.3. The van der Waals surface area contributed by atoms with Gasteiger partial charge in [-0.25, -0.2) is 9.97 Å². The maximum Gasteiger partial charge on any atom is 0.230 e. The van der Waals surface area contributed by atoms with E-state index in [2.05, 4.69) is 21.9 Å². The predicted octanol–water partition coefficient (Wildman–Crippen LogP) is 1.93. The number of pyridine rings is 1. The number of nitrogens with zero attached hydrogens (tertiary/aromatic N) is 3. The molecule has 3 heterocycles. The summed E-state index contributed by atoms with van der Waals surface area (Å²) in [6, 6.07) is 1.95. The standard InChI is InChI=1S/C14H18N4O/c1-3-4-9-7-18(2)14(19)11(9)10-5-6-15-13-12(10)16-8-17-13/h5-6,8-9,11H,3-4,7H2,1-2H3,(H,15,16,17). The number of aromatic nitrogens is 3. The summed E-state index contributed by atoms with van der Waals surface area (Å²) in [5.74, 6) is 0.535. The van der Waals surface area contributed by atoms with Crippen LogP contribution in [0.25, 0.3) is 11.2 Å². The lowest BCUT2D eigenvalue weighted by molar-refractivity contribution is -0.127. The monoisotopic (exact) mass is 258 g/mol. The third kappa shape index (κ3) is 1.89. The number of hydrogen-bond donors (Lipinski definition) is 1. The summed E-state index contributed by atoms with van der Waals surface area (Å²) in [5, 5.41) is 0. The molecule has 0 aromatic carbocycles. The van der Waals surface area contributed by atoms with Gasteiger partial charge in [-0.2, -0.15) is 0 Å². The highest BCUT2D eigenvalue weighted by atomic mass is 16.2. The van der Waals surface area contributed by atoms with Crippen molar-refractivity contribution in [1.82, 2.24) is 19.9 Å². The normalized spacial score (nSPS) is 23.5. The number of H-pyrrole nitrogens is 1. The van der Waals surface area contributed by atoms with Crippen molar-refractivity contribution in [2.45, 2.75) is 25.7 Å². The molecule has 0 aliphatic carbocycles. The van der Waals surface area contributed by atoms with E-state index in [1.54, 1.807) is 12.5 Å². The zero-order chi connectivity index (χ0) is 13.4. The molecule has 1 N–H and O–H groups in total. The molecular formula is C14H18N4O. The van der Waals surface area contributed by atoms with Crippen LogP contribution in [-0.4, -0.2) is 39.4 Å². The van der Waals surface area contributed by atoms with E-state index in [1.807, 2.05) is 18.0 Å². The zero-order valence-electron chi connectivity index (χ0n) is 11.3. The fraction of sp³-hybridized carbons (Fsp3) is 0.500. The quantitative estimate of drug-likeness (QED) is 0.915. The van der Waals surface area contributed by atoms with Gasteiger partial charge in [0.1, 0.15) is 0 Å². The van der Waals surface area contributed by atoms with Crippen LogP contribution in [0.4, 0.5) is 0 Å². The minimum atomic E-state index is -0.0594. The molecule has 100 valence electrons. The maximum absolute atomic E-state index is 12.4. The molecule has 19 heavy (non-hydrogen) atoms. The Morgan fingerprint density at radius 1 is 1.47 bits per heavy atom. The van der Waals surface area contributed by atoms with Gasteiger partial charge in [-0.3, -0.25) is 4.79 Å². The van der Waals surface area contributed by atoms with Crippen LogP contribution in [0.15, 0.2) is 18.6 Å². The van der Waals surface area contributed by atoms with E-state index in [4.69, 9.17) is 0 Å². The first-order valence-corrected chi connectivity index (χ1v) is 6.75. The van der Waals surface area contributed by atoms with Crippen LogP contribution in [0.2, 0.25) is 0 Å². The number of carbonyl (C=O) groups is 1. The second kappa shape index (κ2) is 4.64. The Balaban J connectivity index is 2.07. The van der Waals surface area contributed by atoms with Gasteiger partial charge in [0.05, 0.1) is 17.8 Å². The summed E-state index contributed by atoms with van der Waals surface area (Å²) in [6.07, 6.45) is 5.55. The fourth-order valence-corrected chi connectivity index (χ4v) is 3.13. The highest BCUT2D eigenvalue weighted by Gasteiger charge is 2.39. The largest absolute Gasteiger partial charge is 0.345 e. The van der Waals surface area contributed by atoms with Gasteiger partial charge in [0.2, 0.25) is 5.91 Å². The summed E-state index contributed by atoms with van der Waals surface area (Å²) < 4.78 is 0. The SMILES string of the molecule is CCCC1CN(C)C(=O)C1c1ccnc2nc[nH]c12. The van der Waals surface area contributed by atoms with Crippen LogP contribution >= 0.6 is 0 Å². The van der Waals surface area contributed by atoms with Gasteiger partial charge in [-0.05, 0) is 24.0 Å². The van der Waals surface area contributed by atoms with Gasteiger partial charge in [0.25, 0.3) is 0 Å². The van der Waals surface area contributed by atoms with E-state index < -0.39 is 0 Å². The molecule has 0 spiro atoms. The number of likely N-dealkylation sites (tertiary alicyclic amines) is 1. The van der Waals surface area contributed by atoms with Crippen molar-refractivity contribution in [3.63, 3.8) is 0 Å². The van der Waals surface area contributed by atoms with Crippen molar-refractivity contribution < 1.29 is 4.79 Å². The van der Waals surface area contributed by atoms with Gasteiger partial charge < -0.3 is 9.88 Å². The van der Waals surface area contributed by atoms with Crippen molar-refractivity contribution in [2.24, 2.45) is 5.92 Å². The van der Waals surface area contributed by atoms with Crippen molar-refractivity contribution in [2.75, 3.05) is 13.6 Å². The predicted molar refractivity (Wildman–Crippen MR) is 72.7 cm³/mol. The first-order valence-electron chi connectivity index (χ1n) is 6.75. The summed E-state index contributed by atoms with van der Waals surface area (Å²) >= 11 is 0. The highest BCUT2D eigenvalue weighted by molar-refractivity contribution is 5.90. The molecular weight excluding hydrogens is 240 g/mol. The van der Waals surface area contributed by atoms with Gasteiger partial charge in [0, 0.05) is 19.8 Å². The molecule has 0 radical (unpaired) electrons. The van der Waals surface area contributed by atoms with E-state index in [0.717, 1.165) is 30.5 Å². The van der Waals surface area contributed by atoms with E-state index in [-0.39, 0.29) is 11.8 Å². The van der Waals surface area contributed by atoms with E-state index in [0.29, 0.717) is 11.6 Å². The second-order valence-corrected chi connectivity index (χ2v) is 5.25. The molecule has 5 heteroatoms. The third-order valence-electron chi connectivity index (χ3n) is 3.98. The Morgan fingerprint density at radius 3 is 3.11 bits per heavy atom. The van der Waals surface area contributed by atoms with Gasteiger partial charge in [0.15, 0.2) is 5.65 Å². The van der Waals surface area contributed by atoms with Gasteiger partial charge >= 0.3 is 0 Å². The molecule has 3 rings (SSSR count). The minimum absolute atomic E-state index is 0.0594. The Morgan fingerprint density at radius 2 is 2.32 bits per heavy atom. The Bertz CT molecular complexity index is 606. The lowest BCUT2D eigenvalue weighted by atomic mass is 9.85. The van der Waals surface area contributed by atoms with Crippen molar-refractivity contribution in [1.29, 1.82) is 0 Å². The lowest BCUT2D eigenvalue weighted by Crippen LogP contribution is -2.21. The molecule has 2 aromatic rings. The topological polar surface area (TPSA) is 61.9 Å². The Hall–Kier alpha value is -1.91. The summed E-state index contributed by atoms with van der Waals surface area (Å²) in [6.45, 7) is 3.01. The van der Waals surface area contributed by atoms with Crippen LogP contribution in [0.5, 0.6) is 0 Å². The van der Waals surface area contributed by atoms with Crippen molar-refractivity contribution >= 4 is 17.1 Å². The minimum Gasteiger partial charge on any atom is -0.345 e. The molecule has 1 fully saturated rings. The molecule has 1 aliphatic heterocycles. The molecule has 1 aliphatic rings. The maximum atomic E-state index is 12.4. The number of imidazole rings is 1. The summed E-state index contributed by atoms with van der Waals surface area (Å²) in [7, 11) is 1.89. The highest BCUT2D eigenvalue weighted by Crippen LogP contribution is 2.37. The molecule has 2 atom stereocenters. The van der Waals surface area contributed by atoms with Crippen LogP contribution in [0.3, 0.4) is 0 Å². The second-order valence-electron chi connectivity index (χ2n) is 5.25. The Kier molecular flexibility index (Phi) is 2.97. The summed E-state index contributed by atoms with van der Waals surface area (Å²) in [5.41, 5.74) is 2.63. The molecule has 1 amide bonds. The smallest absolute Gasteiger partial charge is 0.230 e. The molecule has 1 saturated heterocycles. The van der Waals surface area contributed by atoms with E-state index in [1.165, 1.54) is 0 Å². The number of nitrogens with one attached hydrogen (secondary N) is 1. The first kappa shape index (κ1) is 12.1. The van der Waals surface area contributed by atoms with Crippen LogP contribution < -0.4 is 0 Å². The molecule has 0 bridgehead atoms. The number of aromatic amines is 1. The molecule has 0 saturated carbocycles. The van der Waals surface area contributed by atoms with Gasteiger partial charge in [-0.15, -0.1) is 0 Å². The van der Waals surface area contributed by atoms with E-state index in [9.17, 15) is 4.79 Å². The van der Waals surface area contributed by atoms with E-state index >= 15 is 0 Å². The van der Waals surface area contributed by atoms with Crippen LogP contribution in [0, 0.1) is 5.92 Å². The number of fused-ring (bicyclic) bond motifs is 1. The average molecular weight is 258 g/mol. The molecule has 5 nitrogen and oxygen atoms in total. The van der Waals surface area contributed by atoms with Crippen molar-refractivity contribution in [3.05, 3.63) is 24.2 Å². The molecule has 2 unspecified atom stereocenters. The van der Waals surface area contributed by atoms with Crippen LogP contribution in [-0.2, 0) is 4.79 Å². The number of carbonyl (C=O) groups excluding carboxylic acids is 1. The van der Waals surface area contributed by atoms with Crippen LogP contribution in [0.1, 0.15) is 31.2 Å². The number of hydrogen-bond acceptors (Lipinski definition) is 3. The summed E-state index contributed by atoms with van der Waals surface area (Å²) in [4.78, 5) is 25.8. The number of rotatable bonds is 3. The first-order chi connectivity index (χ1) is 9.22. The molecule has 2 aromatic heterocycles. The average Bonchev–Trinajstić information content (AvgIpc) is 2.96. The number of amides is 1. The van der Waals surface area contributed by atoms with Gasteiger partial charge in [-0.1, -0.05) is 13.3 Å².